The fourth-order valence-electron chi connectivity index (χ4n) is 1.46. The maximum Gasteiger partial charge on any atom is 0.310 e. The van der Waals surface area contributed by atoms with E-state index in [1.807, 2.05) is 0 Å². The van der Waals surface area contributed by atoms with Gasteiger partial charge in [0.25, 0.3) is 5.91 Å². The number of carboxylic acids is 1. The summed E-state index contributed by atoms with van der Waals surface area (Å²) in [6.07, 6.45) is 0.960. The van der Waals surface area contributed by atoms with Crippen LogP contribution >= 0.6 is 0 Å². The Bertz CT molecular complexity index is 426. The highest BCUT2D eigenvalue weighted by atomic mass is 19.1. The van der Waals surface area contributed by atoms with E-state index in [1.54, 1.807) is 0 Å². The van der Waals surface area contributed by atoms with Gasteiger partial charge in [-0.2, -0.15) is 0 Å². The second-order valence-electron chi connectivity index (χ2n) is 3.61. The lowest BCUT2D eigenvalue weighted by Gasteiger charge is -2.36. The number of nitrogens with zero attached hydrogens (tertiary/aromatic N) is 2. The molecule has 0 aliphatic carbocycles. The number of hydrogen-bond donors (Lipinski definition) is 1. The van der Waals surface area contributed by atoms with Gasteiger partial charge in [-0.1, -0.05) is 0 Å². The zero-order chi connectivity index (χ0) is 11.7. The molecule has 1 aliphatic rings. The molecule has 1 aliphatic heterocycles. The number of rotatable bonds is 2. The number of halogens is 1. The summed E-state index contributed by atoms with van der Waals surface area (Å²) >= 11 is 0. The minimum absolute atomic E-state index is 0.130. The van der Waals surface area contributed by atoms with E-state index >= 15 is 0 Å². The average Bonchev–Trinajstić information content (AvgIpc) is 2.15. The van der Waals surface area contributed by atoms with Crippen LogP contribution in [-0.4, -0.2) is 40.0 Å². The van der Waals surface area contributed by atoms with Crippen LogP contribution in [0.25, 0.3) is 0 Å². The number of amides is 1. The van der Waals surface area contributed by atoms with Crippen LogP contribution in [0.4, 0.5) is 4.39 Å². The summed E-state index contributed by atoms with van der Waals surface area (Å²) in [6, 6.07) is 2.43. The minimum atomic E-state index is -0.906. The molecule has 5 nitrogen and oxygen atoms in total. The smallest absolute Gasteiger partial charge is 0.310 e. The average molecular weight is 224 g/mol. The first-order valence-electron chi connectivity index (χ1n) is 4.71. The van der Waals surface area contributed by atoms with E-state index in [0.717, 1.165) is 12.3 Å². The van der Waals surface area contributed by atoms with Crippen molar-refractivity contribution in [2.45, 2.75) is 0 Å². The van der Waals surface area contributed by atoms with Gasteiger partial charge in [0.15, 0.2) is 0 Å². The van der Waals surface area contributed by atoms with Crippen LogP contribution in [0.15, 0.2) is 18.3 Å². The molecule has 0 unspecified atom stereocenters. The molecule has 84 valence electrons. The lowest BCUT2D eigenvalue weighted by molar-refractivity contribution is -0.146. The predicted octanol–water partition coefficient (Wildman–Crippen LogP) is 0.377. The molecule has 0 radical (unpaired) electrons. The van der Waals surface area contributed by atoms with Crippen LogP contribution in [0.5, 0.6) is 0 Å². The summed E-state index contributed by atoms with van der Waals surface area (Å²) in [5.41, 5.74) is 0.130. The molecule has 1 saturated heterocycles. The Labute approximate surface area is 90.5 Å². The molecule has 0 saturated carbocycles. The molecule has 1 fully saturated rings. The Morgan fingerprint density at radius 3 is 2.62 bits per heavy atom. The maximum absolute atomic E-state index is 12.5. The molecule has 0 aromatic carbocycles. The normalized spacial score (nSPS) is 15.7. The molecular weight excluding hydrogens is 215 g/mol. The van der Waals surface area contributed by atoms with Crippen LogP contribution in [0.1, 0.15) is 10.5 Å². The third kappa shape index (κ3) is 1.86. The first-order valence-corrected chi connectivity index (χ1v) is 4.71. The summed E-state index contributed by atoms with van der Waals surface area (Å²) in [5, 5.41) is 8.64. The summed E-state index contributed by atoms with van der Waals surface area (Å²) in [4.78, 5) is 27.2. The molecule has 1 N–H and O–H groups in total. The van der Waals surface area contributed by atoms with Gasteiger partial charge < -0.3 is 10.0 Å². The highest BCUT2D eigenvalue weighted by Crippen LogP contribution is 2.17. The fraction of sp³-hybridized carbons (Fsp3) is 0.300. The Balaban J connectivity index is 2.00. The summed E-state index contributed by atoms with van der Waals surface area (Å²) < 4.78 is 12.5. The van der Waals surface area contributed by atoms with Crippen molar-refractivity contribution in [2.24, 2.45) is 5.92 Å². The van der Waals surface area contributed by atoms with Gasteiger partial charge in [0.05, 0.1) is 12.1 Å². The van der Waals surface area contributed by atoms with Gasteiger partial charge in [-0.05, 0) is 12.1 Å². The summed E-state index contributed by atoms with van der Waals surface area (Å²) in [6.45, 7) is 0.375. The Morgan fingerprint density at radius 2 is 2.12 bits per heavy atom. The van der Waals surface area contributed by atoms with E-state index in [4.69, 9.17) is 5.11 Å². The molecule has 2 heterocycles. The first-order chi connectivity index (χ1) is 7.58. The molecule has 16 heavy (non-hydrogen) atoms. The number of carbonyl (C=O) groups excluding carboxylic acids is 1. The van der Waals surface area contributed by atoms with E-state index in [0.29, 0.717) is 0 Å². The Hall–Kier alpha value is -1.98. The fourth-order valence-corrected chi connectivity index (χ4v) is 1.46. The SMILES string of the molecule is O=C(O)C1CN(C(=O)c2ccc(F)cn2)C1. The first kappa shape index (κ1) is 10.5. The molecular formula is C10H9FN2O3. The highest BCUT2D eigenvalue weighted by molar-refractivity contribution is 5.93. The summed E-state index contributed by atoms with van der Waals surface area (Å²) in [5.74, 6) is -2.28. The molecule has 2 rings (SSSR count). The van der Waals surface area contributed by atoms with Crippen molar-refractivity contribution in [1.29, 1.82) is 0 Å². The van der Waals surface area contributed by atoms with E-state index in [9.17, 15) is 14.0 Å². The highest BCUT2D eigenvalue weighted by Gasteiger charge is 2.36. The standard InChI is InChI=1S/C10H9FN2O3/c11-7-1-2-8(12-3-7)9(14)13-4-6(5-13)10(15)16/h1-3,6H,4-5H2,(H,15,16). The van der Waals surface area contributed by atoms with Crippen LogP contribution in [0, 0.1) is 11.7 Å². The van der Waals surface area contributed by atoms with Gasteiger partial charge in [-0.25, -0.2) is 9.37 Å². The lowest BCUT2D eigenvalue weighted by Crippen LogP contribution is -2.53. The largest absolute Gasteiger partial charge is 0.481 e. The van der Waals surface area contributed by atoms with E-state index < -0.39 is 17.7 Å². The van der Waals surface area contributed by atoms with Crippen LogP contribution in [-0.2, 0) is 4.79 Å². The molecule has 0 atom stereocenters. The third-order valence-corrected chi connectivity index (χ3v) is 2.46. The quantitative estimate of drug-likeness (QED) is 0.788. The number of aliphatic carboxylic acids is 1. The van der Waals surface area contributed by atoms with E-state index in [1.165, 1.54) is 11.0 Å². The Morgan fingerprint density at radius 1 is 1.44 bits per heavy atom. The van der Waals surface area contributed by atoms with E-state index in [-0.39, 0.29) is 24.7 Å². The van der Waals surface area contributed by atoms with Crippen molar-refractivity contribution in [3.05, 3.63) is 29.8 Å². The zero-order valence-electron chi connectivity index (χ0n) is 8.26. The lowest BCUT2D eigenvalue weighted by atomic mass is 10.00. The van der Waals surface area contributed by atoms with Crippen molar-refractivity contribution >= 4 is 11.9 Å². The van der Waals surface area contributed by atoms with Crippen molar-refractivity contribution in [3.63, 3.8) is 0 Å². The van der Waals surface area contributed by atoms with Crippen molar-refractivity contribution < 1.29 is 19.1 Å². The molecule has 6 heteroatoms. The number of carboxylic acid groups (broad SMARTS) is 1. The monoisotopic (exact) mass is 224 g/mol. The van der Waals surface area contributed by atoms with Gasteiger partial charge in [-0.3, -0.25) is 9.59 Å². The van der Waals surface area contributed by atoms with E-state index in [2.05, 4.69) is 4.98 Å². The Kier molecular flexibility index (Phi) is 2.55. The number of aromatic nitrogens is 1. The molecule has 1 aromatic heterocycles. The molecule has 1 aromatic rings. The van der Waals surface area contributed by atoms with Crippen LogP contribution in [0.2, 0.25) is 0 Å². The second kappa shape index (κ2) is 3.88. The predicted molar refractivity (Wildman–Crippen MR) is 51.2 cm³/mol. The number of hydrogen-bond acceptors (Lipinski definition) is 3. The zero-order valence-corrected chi connectivity index (χ0v) is 8.26. The van der Waals surface area contributed by atoms with Gasteiger partial charge in [0, 0.05) is 13.1 Å². The van der Waals surface area contributed by atoms with Crippen molar-refractivity contribution in [1.82, 2.24) is 9.88 Å². The van der Waals surface area contributed by atoms with Crippen LogP contribution < -0.4 is 0 Å². The van der Waals surface area contributed by atoms with Gasteiger partial charge in [0.1, 0.15) is 11.5 Å². The van der Waals surface area contributed by atoms with Gasteiger partial charge in [-0.15, -0.1) is 0 Å². The van der Waals surface area contributed by atoms with Crippen molar-refractivity contribution in [2.75, 3.05) is 13.1 Å². The number of carbonyl (C=O) groups is 2. The second-order valence-corrected chi connectivity index (χ2v) is 3.61. The van der Waals surface area contributed by atoms with Crippen LogP contribution in [0.3, 0.4) is 0 Å². The minimum Gasteiger partial charge on any atom is -0.481 e. The van der Waals surface area contributed by atoms with Gasteiger partial charge in [0.2, 0.25) is 0 Å². The number of pyridine rings is 1. The molecule has 0 spiro atoms. The number of likely N-dealkylation sites (tertiary alicyclic amines) is 1. The maximum atomic E-state index is 12.5. The molecule has 0 bridgehead atoms. The van der Waals surface area contributed by atoms with Crippen molar-refractivity contribution in [3.8, 4) is 0 Å². The topological polar surface area (TPSA) is 70.5 Å². The summed E-state index contributed by atoms with van der Waals surface area (Å²) in [7, 11) is 0. The molecule has 1 amide bonds. The van der Waals surface area contributed by atoms with Gasteiger partial charge >= 0.3 is 5.97 Å². The third-order valence-electron chi connectivity index (χ3n) is 2.46.